The molecule has 1 aromatic rings. The first-order valence-electron chi connectivity index (χ1n) is 5.05. The van der Waals surface area contributed by atoms with E-state index in [4.69, 9.17) is 9.47 Å². The summed E-state index contributed by atoms with van der Waals surface area (Å²) in [5.74, 6) is 1.73. The molecule has 0 saturated heterocycles. The molecule has 0 atom stereocenters. The van der Waals surface area contributed by atoms with Crippen molar-refractivity contribution in [3.8, 4) is 11.5 Å². The van der Waals surface area contributed by atoms with E-state index in [9.17, 15) is 4.79 Å². The lowest BCUT2D eigenvalue weighted by atomic mass is 10.1. The van der Waals surface area contributed by atoms with Crippen molar-refractivity contribution in [2.75, 3.05) is 19.1 Å². The number of amides is 1. The van der Waals surface area contributed by atoms with Crippen molar-refractivity contribution in [2.45, 2.75) is 6.42 Å². The Hall–Kier alpha value is -1.36. The first-order chi connectivity index (χ1) is 7.79. The number of carbonyl (C=O) groups is 1. The van der Waals surface area contributed by atoms with Crippen LogP contribution in [0.5, 0.6) is 11.5 Å². The number of carbonyl (C=O) groups excluding carboxylic acids is 1. The Kier molecular flexibility index (Phi) is 3.56. The Morgan fingerprint density at radius 3 is 3.00 bits per heavy atom. The zero-order valence-electron chi connectivity index (χ0n) is 8.73. The van der Waals surface area contributed by atoms with Gasteiger partial charge in [0.25, 0.3) is 0 Å². The molecular formula is C11H13NO3S. The van der Waals surface area contributed by atoms with Crippen molar-refractivity contribution < 1.29 is 14.3 Å². The zero-order valence-corrected chi connectivity index (χ0v) is 9.63. The fraction of sp³-hybridized carbons (Fsp3) is 0.364. The molecule has 0 spiro atoms. The van der Waals surface area contributed by atoms with Gasteiger partial charge in [0.05, 0.1) is 5.75 Å². The van der Waals surface area contributed by atoms with Crippen LogP contribution < -0.4 is 14.8 Å². The minimum atomic E-state index is -0.0518. The number of ether oxygens (including phenoxy) is 2. The SMILES string of the molecule is O=C(CS)NCCc1ccc2c(c1)OCO2. The third-order valence-corrected chi connectivity index (χ3v) is 2.60. The quantitative estimate of drug-likeness (QED) is 0.771. The Morgan fingerprint density at radius 1 is 1.38 bits per heavy atom. The number of nitrogens with one attached hydrogen (secondary N) is 1. The second-order valence-electron chi connectivity index (χ2n) is 3.45. The number of hydrogen-bond donors (Lipinski definition) is 2. The normalized spacial score (nSPS) is 12.6. The molecule has 1 aliphatic rings. The van der Waals surface area contributed by atoms with Crippen LogP contribution in [0.15, 0.2) is 18.2 Å². The molecule has 4 nitrogen and oxygen atoms in total. The molecule has 0 aliphatic carbocycles. The van der Waals surface area contributed by atoms with Crippen LogP contribution in [0.25, 0.3) is 0 Å². The van der Waals surface area contributed by atoms with Gasteiger partial charge in [0.2, 0.25) is 12.7 Å². The molecule has 1 amide bonds. The molecule has 0 unspecified atom stereocenters. The maximum atomic E-state index is 11.0. The standard InChI is InChI=1S/C11H13NO3S/c13-11(6-16)12-4-3-8-1-2-9-10(5-8)15-7-14-9/h1-2,5,16H,3-4,6-7H2,(H,12,13). The highest BCUT2D eigenvalue weighted by Gasteiger charge is 2.12. The van der Waals surface area contributed by atoms with Gasteiger partial charge in [-0.25, -0.2) is 0 Å². The second-order valence-corrected chi connectivity index (χ2v) is 3.76. The lowest BCUT2D eigenvalue weighted by molar-refractivity contribution is -0.118. The molecule has 2 rings (SSSR count). The Labute approximate surface area is 99.3 Å². The Bertz CT molecular complexity index is 395. The molecule has 0 radical (unpaired) electrons. The van der Waals surface area contributed by atoms with Gasteiger partial charge in [0.15, 0.2) is 11.5 Å². The van der Waals surface area contributed by atoms with Crippen molar-refractivity contribution in [1.82, 2.24) is 5.32 Å². The van der Waals surface area contributed by atoms with Crippen LogP contribution in [0, 0.1) is 0 Å². The van der Waals surface area contributed by atoms with Gasteiger partial charge < -0.3 is 14.8 Å². The first kappa shape index (κ1) is 11.1. The molecule has 0 saturated carbocycles. The Balaban J connectivity index is 1.88. The lowest BCUT2D eigenvalue weighted by Gasteiger charge is -2.04. The van der Waals surface area contributed by atoms with Crippen LogP contribution >= 0.6 is 12.6 Å². The molecule has 1 N–H and O–H groups in total. The highest BCUT2D eigenvalue weighted by Crippen LogP contribution is 2.32. The smallest absolute Gasteiger partial charge is 0.231 e. The van der Waals surface area contributed by atoms with E-state index in [0.29, 0.717) is 6.54 Å². The molecule has 1 aliphatic heterocycles. The van der Waals surface area contributed by atoms with Gasteiger partial charge in [0, 0.05) is 6.54 Å². The molecule has 5 heteroatoms. The molecule has 86 valence electrons. The van der Waals surface area contributed by atoms with Crippen LogP contribution in [-0.2, 0) is 11.2 Å². The second kappa shape index (κ2) is 5.12. The van der Waals surface area contributed by atoms with E-state index in [2.05, 4.69) is 17.9 Å². The van der Waals surface area contributed by atoms with Crippen molar-refractivity contribution in [1.29, 1.82) is 0 Å². The fourth-order valence-corrected chi connectivity index (χ4v) is 1.61. The minimum absolute atomic E-state index is 0.0518. The van der Waals surface area contributed by atoms with Gasteiger partial charge in [-0.2, -0.15) is 12.6 Å². The largest absolute Gasteiger partial charge is 0.454 e. The van der Waals surface area contributed by atoms with Gasteiger partial charge in [-0.15, -0.1) is 0 Å². The predicted molar refractivity (Wildman–Crippen MR) is 63.1 cm³/mol. The van der Waals surface area contributed by atoms with E-state index in [1.54, 1.807) is 0 Å². The lowest BCUT2D eigenvalue weighted by Crippen LogP contribution is -2.26. The fourth-order valence-electron chi connectivity index (χ4n) is 1.50. The van der Waals surface area contributed by atoms with Crippen LogP contribution in [0.4, 0.5) is 0 Å². The van der Waals surface area contributed by atoms with Crippen molar-refractivity contribution in [3.63, 3.8) is 0 Å². The number of fused-ring (bicyclic) bond motifs is 1. The predicted octanol–water partition coefficient (Wildman–Crippen LogP) is 1.00. The van der Waals surface area contributed by atoms with Gasteiger partial charge in [-0.05, 0) is 24.1 Å². The summed E-state index contributed by atoms with van der Waals surface area (Å²) in [5, 5.41) is 2.76. The van der Waals surface area contributed by atoms with Gasteiger partial charge in [-0.1, -0.05) is 6.07 Å². The Morgan fingerprint density at radius 2 is 2.19 bits per heavy atom. The summed E-state index contributed by atoms with van der Waals surface area (Å²) in [5.41, 5.74) is 1.11. The van der Waals surface area contributed by atoms with Crippen molar-refractivity contribution >= 4 is 18.5 Å². The molecular weight excluding hydrogens is 226 g/mol. The molecule has 0 fully saturated rings. The zero-order chi connectivity index (χ0) is 11.4. The summed E-state index contributed by atoms with van der Waals surface area (Å²) >= 11 is 3.88. The van der Waals surface area contributed by atoms with Crippen molar-refractivity contribution in [3.05, 3.63) is 23.8 Å². The van der Waals surface area contributed by atoms with Crippen LogP contribution in [0.1, 0.15) is 5.56 Å². The average Bonchev–Trinajstić information content (AvgIpc) is 2.76. The minimum Gasteiger partial charge on any atom is -0.454 e. The van der Waals surface area contributed by atoms with Gasteiger partial charge >= 0.3 is 0 Å². The van der Waals surface area contributed by atoms with E-state index >= 15 is 0 Å². The third kappa shape index (κ3) is 2.61. The summed E-state index contributed by atoms with van der Waals surface area (Å²) in [6, 6.07) is 5.80. The van der Waals surface area contributed by atoms with E-state index in [1.807, 2.05) is 18.2 Å². The summed E-state index contributed by atoms with van der Waals surface area (Å²) in [6.07, 6.45) is 0.774. The number of benzene rings is 1. The van der Waals surface area contributed by atoms with E-state index in [-0.39, 0.29) is 18.5 Å². The van der Waals surface area contributed by atoms with Crippen LogP contribution in [0.3, 0.4) is 0 Å². The van der Waals surface area contributed by atoms with Crippen LogP contribution in [-0.4, -0.2) is 25.0 Å². The number of rotatable bonds is 4. The first-order valence-corrected chi connectivity index (χ1v) is 5.69. The maximum absolute atomic E-state index is 11.0. The highest BCUT2D eigenvalue weighted by atomic mass is 32.1. The molecule has 0 aromatic heterocycles. The summed E-state index contributed by atoms with van der Waals surface area (Å²) < 4.78 is 10.5. The number of thiol groups is 1. The molecule has 1 heterocycles. The van der Waals surface area contributed by atoms with Crippen LogP contribution in [0.2, 0.25) is 0 Å². The van der Waals surface area contributed by atoms with E-state index in [1.165, 1.54) is 0 Å². The van der Waals surface area contributed by atoms with E-state index < -0.39 is 0 Å². The topological polar surface area (TPSA) is 47.6 Å². The monoisotopic (exact) mass is 239 g/mol. The summed E-state index contributed by atoms with van der Waals surface area (Å²) in [7, 11) is 0. The summed E-state index contributed by atoms with van der Waals surface area (Å²) in [4.78, 5) is 11.0. The maximum Gasteiger partial charge on any atom is 0.231 e. The van der Waals surface area contributed by atoms with Gasteiger partial charge in [-0.3, -0.25) is 4.79 Å². The average molecular weight is 239 g/mol. The molecule has 16 heavy (non-hydrogen) atoms. The summed E-state index contributed by atoms with van der Waals surface area (Å²) in [6.45, 7) is 0.897. The van der Waals surface area contributed by atoms with E-state index in [0.717, 1.165) is 23.5 Å². The van der Waals surface area contributed by atoms with Crippen molar-refractivity contribution in [2.24, 2.45) is 0 Å². The molecule has 0 bridgehead atoms. The highest BCUT2D eigenvalue weighted by molar-refractivity contribution is 7.81. The number of hydrogen-bond acceptors (Lipinski definition) is 4. The molecule has 1 aromatic carbocycles. The van der Waals surface area contributed by atoms with Gasteiger partial charge in [0.1, 0.15) is 0 Å². The third-order valence-electron chi connectivity index (χ3n) is 2.32.